The molecule has 4 N–H and O–H groups in total. The summed E-state index contributed by atoms with van der Waals surface area (Å²) in [5.74, 6) is -0.0853. The van der Waals surface area contributed by atoms with E-state index in [1.54, 1.807) is 12.1 Å². The van der Waals surface area contributed by atoms with E-state index in [0.29, 0.717) is 30.1 Å². The van der Waals surface area contributed by atoms with Crippen LogP contribution in [0.4, 0.5) is 5.13 Å². The number of nitrogens with zero attached hydrogens (tertiary/aromatic N) is 1. The highest BCUT2D eigenvalue weighted by molar-refractivity contribution is 7.15. The summed E-state index contributed by atoms with van der Waals surface area (Å²) in [5.41, 5.74) is 0.766. The molecule has 1 heterocycles. The van der Waals surface area contributed by atoms with Crippen LogP contribution in [0, 0.1) is 16.7 Å². The van der Waals surface area contributed by atoms with Crippen molar-refractivity contribution in [1.29, 1.82) is 0 Å². The van der Waals surface area contributed by atoms with Gasteiger partial charge in [0.15, 0.2) is 11.7 Å². The van der Waals surface area contributed by atoms with Crippen molar-refractivity contribution in [2.75, 3.05) is 18.5 Å². The summed E-state index contributed by atoms with van der Waals surface area (Å²) in [7, 11) is 0. The number of ether oxygens (including phenoxy) is 1. The first-order valence-corrected chi connectivity index (χ1v) is 15.1. The van der Waals surface area contributed by atoms with Gasteiger partial charge in [0.25, 0.3) is 5.91 Å². The lowest BCUT2D eigenvalue weighted by atomic mass is 9.47. The predicted molar refractivity (Wildman–Crippen MR) is 159 cm³/mol. The Morgan fingerprint density at radius 3 is 2.46 bits per heavy atom. The minimum Gasteiger partial charge on any atom is -0.484 e. The number of aromatic nitrogens is 1. The first kappa shape index (κ1) is 29.2. The fraction of sp³-hybridized carbons (Fsp3) is 0.469. The zero-order chi connectivity index (χ0) is 29.2. The van der Waals surface area contributed by atoms with Crippen molar-refractivity contribution < 1.29 is 24.5 Å². The van der Waals surface area contributed by atoms with Crippen LogP contribution in [-0.4, -0.2) is 46.3 Å². The Morgan fingerprint density at radius 1 is 1.10 bits per heavy atom. The lowest BCUT2D eigenvalue weighted by Gasteiger charge is -2.58. The summed E-state index contributed by atoms with van der Waals surface area (Å²) in [4.78, 5) is 32.1. The molecule has 2 aliphatic carbocycles. The third-order valence-corrected chi connectivity index (χ3v) is 10.3. The second-order valence-corrected chi connectivity index (χ2v) is 13.0. The van der Waals surface area contributed by atoms with Crippen LogP contribution in [0.5, 0.6) is 5.75 Å². The highest BCUT2D eigenvalue weighted by Gasteiger charge is 2.59. The van der Waals surface area contributed by atoms with Gasteiger partial charge in [-0.05, 0) is 55.2 Å². The van der Waals surface area contributed by atoms with Gasteiger partial charge in [0.1, 0.15) is 5.75 Å². The van der Waals surface area contributed by atoms with E-state index in [9.17, 15) is 19.8 Å². The number of anilines is 1. The number of hydrogen-bond acceptors (Lipinski definition) is 7. The fourth-order valence-electron chi connectivity index (χ4n) is 6.83. The number of amides is 2. The molecule has 0 aliphatic heterocycles. The molecule has 5 rings (SSSR count). The summed E-state index contributed by atoms with van der Waals surface area (Å²) >= 11 is 1.40. The average Bonchev–Trinajstić information content (AvgIpc) is 3.38. The quantitative estimate of drug-likeness (QED) is 0.289. The smallest absolute Gasteiger partial charge is 0.264 e. The fourth-order valence-corrected chi connectivity index (χ4v) is 7.92. The van der Waals surface area contributed by atoms with Crippen molar-refractivity contribution in [1.82, 2.24) is 10.3 Å². The highest BCUT2D eigenvalue weighted by atomic mass is 32.1. The summed E-state index contributed by atoms with van der Waals surface area (Å²) in [6.07, 6.45) is 1.46. The van der Waals surface area contributed by atoms with Crippen LogP contribution in [0.25, 0.3) is 0 Å². The van der Waals surface area contributed by atoms with E-state index in [4.69, 9.17) is 9.72 Å². The van der Waals surface area contributed by atoms with E-state index in [1.807, 2.05) is 62.4 Å². The van der Waals surface area contributed by atoms with E-state index >= 15 is 0 Å². The zero-order valence-electron chi connectivity index (χ0n) is 23.8. The molecule has 2 amide bonds. The molecule has 0 spiro atoms. The summed E-state index contributed by atoms with van der Waals surface area (Å²) in [6, 6.07) is 18.8. The maximum Gasteiger partial charge on any atom is 0.264 e. The largest absolute Gasteiger partial charge is 0.484 e. The molecular formula is C32H39N3O5S. The van der Waals surface area contributed by atoms with Crippen LogP contribution in [0.3, 0.4) is 0 Å². The molecule has 2 aromatic carbocycles. The minimum atomic E-state index is -0.715. The Morgan fingerprint density at radius 2 is 1.78 bits per heavy atom. The van der Waals surface area contributed by atoms with Crippen molar-refractivity contribution >= 4 is 28.3 Å². The van der Waals surface area contributed by atoms with E-state index < -0.39 is 11.5 Å². The van der Waals surface area contributed by atoms with Crippen LogP contribution >= 0.6 is 11.3 Å². The van der Waals surface area contributed by atoms with E-state index in [2.05, 4.69) is 17.6 Å². The van der Waals surface area contributed by atoms with Gasteiger partial charge < -0.3 is 20.3 Å². The van der Waals surface area contributed by atoms with Crippen LogP contribution < -0.4 is 15.4 Å². The summed E-state index contributed by atoms with van der Waals surface area (Å²) in [6.45, 7) is 5.80. The molecule has 9 heteroatoms. The standard InChI is InChI=1S/C32H39N3O5S/c1-20(21-10-6-4-7-11-21)33-27(38)16-23-29-24(17-25-31(23,2)15-14-26(37)32(25,3)19-36)41-30(35-29)34-28(39)18-40-22-12-8-5-9-13-22/h4-13,20,23,25-26,36-37H,14-19H2,1-3H3,(H,33,38)(H,34,35,39). The molecule has 3 aromatic rings. The number of para-hydroxylation sites is 1. The Hall–Kier alpha value is -3.27. The normalized spacial score (nSPS) is 27.7. The molecule has 1 fully saturated rings. The maximum absolute atomic E-state index is 13.5. The Bertz CT molecular complexity index is 1370. The van der Waals surface area contributed by atoms with Crippen molar-refractivity contribution in [3.63, 3.8) is 0 Å². The number of hydrogen-bond donors (Lipinski definition) is 4. The second-order valence-electron chi connectivity index (χ2n) is 11.9. The van der Waals surface area contributed by atoms with Gasteiger partial charge in [0.05, 0.1) is 24.4 Å². The van der Waals surface area contributed by atoms with Crippen molar-refractivity contribution in [2.24, 2.45) is 16.7 Å². The third-order valence-electron chi connectivity index (χ3n) is 9.32. The first-order valence-electron chi connectivity index (χ1n) is 14.2. The minimum absolute atomic E-state index is 0.0639. The number of carbonyl (C=O) groups is 2. The van der Waals surface area contributed by atoms with Crippen LogP contribution in [-0.2, 0) is 16.0 Å². The summed E-state index contributed by atoms with van der Waals surface area (Å²) < 4.78 is 5.59. The third kappa shape index (κ3) is 5.89. The van der Waals surface area contributed by atoms with Gasteiger partial charge in [0.2, 0.25) is 5.91 Å². The number of nitrogens with one attached hydrogen (secondary N) is 2. The molecule has 6 unspecified atom stereocenters. The molecule has 0 bridgehead atoms. The highest BCUT2D eigenvalue weighted by Crippen LogP contribution is 2.62. The average molecular weight is 578 g/mol. The number of aliphatic hydroxyl groups is 2. The Labute approximate surface area is 245 Å². The van der Waals surface area contributed by atoms with Gasteiger partial charge in [-0.25, -0.2) is 4.98 Å². The zero-order valence-corrected chi connectivity index (χ0v) is 24.6. The van der Waals surface area contributed by atoms with E-state index in [1.165, 1.54) is 11.3 Å². The van der Waals surface area contributed by atoms with E-state index in [-0.39, 0.29) is 54.7 Å². The van der Waals surface area contributed by atoms with Gasteiger partial charge in [-0.1, -0.05) is 62.4 Å². The molecule has 6 atom stereocenters. The number of benzene rings is 2. The van der Waals surface area contributed by atoms with Gasteiger partial charge in [0, 0.05) is 22.6 Å². The molecule has 8 nitrogen and oxygen atoms in total. The second kappa shape index (κ2) is 11.9. The predicted octanol–water partition coefficient (Wildman–Crippen LogP) is 4.84. The number of aliphatic hydroxyl groups excluding tert-OH is 2. The number of thiazole rings is 1. The first-order chi connectivity index (χ1) is 19.6. The monoisotopic (exact) mass is 577 g/mol. The van der Waals surface area contributed by atoms with Crippen molar-refractivity contribution in [3.05, 3.63) is 76.8 Å². The molecule has 1 saturated carbocycles. The molecule has 1 aromatic heterocycles. The topological polar surface area (TPSA) is 121 Å². The van der Waals surface area contributed by atoms with Crippen LogP contribution in [0.2, 0.25) is 0 Å². The molecule has 0 radical (unpaired) electrons. The van der Waals surface area contributed by atoms with Crippen molar-refractivity contribution in [3.8, 4) is 5.75 Å². The maximum atomic E-state index is 13.5. The van der Waals surface area contributed by atoms with Gasteiger partial charge in [-0.15, -0.1) is 11.3 Å². The van der Waals surface area contributed by atoms with Crippen LogP contribution in [0.1, 0.15) is 68.1 Å². The number of rotatable bonds is 9. The summed E-state index contributed by atoms with van der Waals surface area (Å²) in [5, 5.41) is 28.0. The number of carbonyl (C=O) groups excluding carboxylic acids is 2. The lowest BCUT2D eigenvalue weighted by molar-refractivity contribution is -0.144. The SMILES string of the molecule is CC(NC(=O)CC1c2nc(NC(=O)COc3ccccc3)sc2CC2C(C)(CO)C(O)CCC12C)c1ccccc1. The molecule has 2 aliphatic rings. The molecular weight excluding hydrogens is 538 g/mol. The Balaban J connectivity index is 1.40. The number of fused-ring (bicyclic) bond motifs is 2. The lowest BCUT2D eigenvalue weighted by Crippen LogP contribution is -2.57. The van der Waals surface area contributed by atoms with Gasteiger partial charge in [-0.2, -0.15) is 0 Å². The van der Waals surface area contributed by atoms with E-state index in [0.717, 1.165) is 16.1 Å². The van der Waals surface area contributed by atoms with Gasteiger partial charge >= 0.3 is 0 Å². The Kier molecular flexibility index (Phi) is 8.50. The molecule has 218 valence electrons. The van der Waals surface area contributed by atoms with Gasteiger partial charge in [-0.3, -0.25) is 14.9 Å². The molecule has 0 saturated heterocycles. The van der Waals surface area contributed by atoms with Crippen LogP contribution in [0.15, 0.2) is 60.7 Å². The van der Waals surface area contributed by atoms with Crippen molar-refractivity contribution in [2.45, 2.75) is 64.5 Å². The molecule has 41 heavy (non-hydrogen) atoms.